The first kappa shape index (κ1) is 31.1. The van der Waals surface area contributed by atoms with Crippen molar-refractivity contribution in [3.63, 3.8) is 0 Å². The minimum Gasteiger partial charge on any atom is -0.309 e. The predicted octanol–water partition coefficient (Wildman–Crippen LogP) is 13.1. The molecule has 256 valence electrons. The fourth-order valence-corrected chi connectivity index (χ4v) is 8.28. The van der Waals surface area contributed by atoms with Crippen LogP contribution in [-0.2, 0) is 0 Å². The highest BCUT2D eigenvalue weighted by molar-refractivity contribution is 6.24. The molecule has 11 aromatic rings. The van der Waals surface area contributed by atoms with Gasteiger partial charge in [-0.05, 0) is 62.3 Å². The van der Waals surface area contributed by atoms with Gasteiger partial charge in [0.05, 0.1) is 16.7 Å². The Morgan fingerprint density at radius 1 is 0.327 bits per heavy atom. The molecule has 0 fully saturated rings. The van der Waals surface area contributed by atoms with Crippen LogP contribution >= 0.6 is 0 Å². The van der Waals surface area contributed by atoms with Gasteiger partial charge in [-0.25, -0.2) is 15.0 Å². The van der Waals surface area contributed by atoms with Crippen LogP contribution in [0.3, 0.4) is 0 Å². The summed E-state index contributed by atoms with van der Waals surface area (Å²) in [5.41, 5.74) is 8.42. The van der Waals surface area contributed by atoms with Crippen molar-refractivity contribution >= 4 is 54.1 Å². The van der Waals surface area contributed by atoms with Crippen LogP contribution < -0.4 is 0 Å². The molecule has 0 aliphatic rings. The van der Waals surface area contributed by atoms with E-state index in [1.54, 1.807) is 0 Å². The van der Waals surface area contributed by atoms with Crippen molar-refractivity contribution in [1.82, 2.24) is 19.5 Å². The minimum atomic E-state index is 0.633. The van der Waals surface area contributed by atoms with Crippen LogP contribution in [0.2, 0.25) is 0 Å². The zero-order chi connectivity index (χ0) is 36.3. The minimum absolute atomic E-state index is 0.633. The quantitative estimate of drug-likeness (QED) is 0.179. The predicted molar refractivity (Wildman–Crippen MR) is 228 cm³/mol. The standard InChI is InChI=1S/C51H32N4/c1-4-16-33(17-5-1)42-32-46(55-44-29-28-34-18-12-13-25-39(34)47(44)43-30-37-23-10-11-24-38(37)31-45(43)55)40-26-14-15-27-41(40)48(42)51-53-49(35-19-6-2-7-20-35)52-50(54-51)36-21-8-3-9-22-36/h1-32H. The summed E-state index contributed by atoms with van der Waals surface area (Å²) in [6, 6.07) is 68.7. The maximum absolute atomic E-state index is 5.27. The topological polar surface area (TPSA) is 43.6 Å². The third kappa shape index (κ3) is 5.11. The molecule has 0 aliphatic carbocycles. The molecular weight excluding hydrogens is 669 g/mol. The molecule has 55 heavy (non-hydrogen) atoms. The maximum atomic E-state index is 5.27. The molecule has 0 saturated carbocycles. The molecule has 0 atom stereocenters. The van der Waals surface area contributed by atoms with E-state index in [1.807, 2.05) is 36.4 Å². The zero-order valence-electron chi connectivity index (χ0n) is 29.8. The Hall–Kier alpha value is -7.43. The highest BCUT2D eigenvalue weighted by Gasteiger charge is 2.23. The van der Waals surface area contributed by atoms with Crippen molar-refractivity contribution in [3.05, 3.63) is 194 Å². The largest absolute Gasteiger partial charge is 0.309 e. The van der Waals surface area contributed by atoms with E-state index < -0.39 is 0 Å². The smallest absolute Gasteiger partial charge is 0.165 e. The van der Waals surface area contributed by atoms with Gasteiger partial charge in [-0.1, -0.05) is 170 Å². The Balaban J connectivity index is 1.28. The molecule has 2 aromatic heterocycles. The summed E-state index contributed by atoms with van der Waals surface area (Å²) in [5.74, 6) is 1.91. The first-order valence-electron chi connectivity index (χ1n) is 18.6. The van der Waals surface area contributed by atoms with Gasteiger partial charge in [-0.3, -0.25) is 0 Å². The Morgan fingerprint density at radius 3 is 1.49 bits per heavy atom. The van der Waals surface area contributed by atoms with Gasteiger partial charge in [0, 0.05) is 32.8 Å². The van der Waals surface area contributed by atoms with E-state index in [9.17, 15) is 0 Å². The number of hydrogen-bond donors (Lipinski definition) is 0. The van der Waals surface area contributed by atoms with Gasteiger partial charge in [0.2, 0.25) is 0 Å². The van der Waals surface area contributed by atoms with Gasteiger partial charge < -0.3 is 4.57 Å². The fourth-order valence-electron chi connectivity index (χ4n) is 8.28. The molecule has 0 N–H and O–H groups in total. The lowest BCUT2D eigenvalue weighted by Crippen LogP contribution is -2.03. The average Bonchev–Trinajstić information content (AvgIpc) is 3.59. The van der Waals surface area contributed by atoms with Gasteiger partial charge >= 0.3 is 0 Å². The summed E-state index contributed by atoms with van der Waals surface area (Å²) in [6.07, 6.45) is 0. The van der Waals surface area contributed by atoms with E-state index in [0.717, 1.165) is 44.3 Å². The van der Waals surface area contributed by atoms with Gasteiger partial charge in [-0.15, -0.1) is 0 Å². The SMILES string of the molecule is c1ccc(-c2nc(-c3ccccc3)nc(-c3c(-c4ccccc4)cc(-n4c5cc6ccccc6cc5c5c6ccccc6ccc54)c4ccccc34)n2)cc1. The summed E-state index contributed by atoms with van der Waals surface area (Å²) in [7, 11) is 0. The zero-order valence-corrected chi connectivity index (χ0v) is 29.8. The fraction of sp³-hybridized carbons (Fsp3) is 0. The van der Waals surface area contributed by atoms with Crippen molar-refractivity contribution in [2.45, 2.75) is 0 Å². The summed E-state index contributed by atoms with van der Waals surface area (Å²) in [6.45, 7) is 0. The van der Waals surface area contributed by atoms with Crippen LogP contribution in [0.4, 0.5) is 0 Å². The van der Waals surface area contributed by atoms with Crippen molar-refractivity contribution in [3.8, 4) is 51.0 Å². The van der Waals surface area contributed by atoms with Crippen molar-refractivity contribution < 1.29 is 0 Å². The van der Waals surface area contributed by atoms with E-state index in [2.05, 4.69) is 162 Å². The average molecular weight is 701 g/mol. The van der Waals surface area contributed by atoms with E-state index >= 15 is 0 Å². The lowest BCUT2D eigenvalue weighted by molar-refractivity contribution is 1.08. The Labute approximate surface area is 317 Å². The van der Waals surface area contributed by atoms with Crippen molar-refractivity contribution in [1.29, 1.82) is 0 Å². The molecule has 11 rings (SSSR count). The number of aromatic nitrogens is 4. The molecule has 9 aromatic carbocycles. The second kappa shape index (κ2) is 12.6. The molecule has 0 spiro atoms. The van der Waals surface area contributed by atoms with Gasteiger partial charge in [0.15, 0.2) is 17.5 Å². The molecule has 0 radical (unpaired) electrons. The molecule has 0 bridgehead atoms. The van der Waals surface area contributed by atoms with Gasteiger partial charge in [0.25, 0.3) is 0 Å². The summed E-state index contributed by atoms with van der Waals surface area (Å²) in [5, 5.41) is 9.58. The molecule has 0 amide bonds. The summed E-state index contributed by atoms with van der Waals surface area (Å²) in [4.78, 5) is 15.6. The van der Waals surface area contributed by atoms with Crippen LogP contribution in [0, 0.1) is 0 Å². The molecule has 2 heterocycles. The Bertz CT molecular complexity index is 3180. The lowest BCUT2D eigenvalue weighted by atomic mass is 9.92. The first-order valence-corrected chi connectivity index (χ1v) is 18.6. The molecule has 4 nitrogen and oxygen atoms in total. The number of nitrogens with zero attached hydrogens (tertiary/aromatic N) is 4. The molecule has 0 unspecified atom stereocenters. The van der Waals surface area contributed by atoms with Crippen molar-refractivity contribution in [2.75, 3.05) is 0 Å². The molecule has 0 saturated heterocycles. The second-order valence-electron chi connectivity index (χ2n) is 14.0. The highest BCUT2D eigenvalue weighted by Crippen LogP contribution is 2.45. The van der Waals surface area contributed by atoms with Crippen LogP contribution in [0.15, 0.2) is 194 Å². The van der Waals surface area contributed by atoms with Crippen LogP contribution in [0.5, 0.6) is 0 Å². The summed E-state index contributed by atoms with van der Waals surface area (Å²) < 4.78 is 2.47. The number of fused-ring (bicyclic) bond motifs is 7. The van der Waals surface area contributed by atoms with E-state index in [1.165, 1.54) is 43.4 Å². The third-order valence-electron chi connectivity index (χ3n) is 10.8. The Kier molecular flexibility index (Phi) is 7.14. The monoisotopic (exact) mass is 700 g/mol. The van der Waals surface area contributed by atoms with E-state index in [0.29, 0.717) is 17.5 Å². The molecular formula is C51H32N4. The number of benzene rings is 9. The second-order valence-corrected chi connectivity index (χ2v) is 14.0. The van der Waals surface area contributed by atoms with Gasteiger partial charge in [0.1, 0.15) is 0 Å². The lowest BCUT2D eigenvalue weighted by Gasteiger charge is -2.19. The van der Waals surface area contributed by atoms with Gasteiger partial charge in [-0.2, -0.15) is 0 Å². The molecule has 4 heteroatoms. The van der Waals surface area contributed by atoms with Crippen LogP contribution in [0.25, 0.3) is 105 Å². The summed E-state index contributed by atoms with van der Waals surface area (Å²) >= 11 is 0. The number of hydrogen-bond acceptors (Lipinski definition) is 3. The van der Waals surface area contributed by atoms with E-state index in [-0.39, 0.29) is 0 Å². The normalized spacial score (nSPS) is 11.6. The first-order chi connectivity index (χ1) is 27.3. The van der Waals surface area contributed by atoms with Crippen molar-refractivity contribution in [2.24, 2.45) is 0 Å². The Morgan fingerprint density at radius 2 is 0.836 bits per heavy atom. The third-order valence-corrected chi connectivity index (χ3v) is 10.8. The van der Waals surface area contributed by atoms with E-state index in [4.69, 9.17) is 15.0 Å². The van der Waals surface area contributed by atoms with Crippen LogP contribution in [-0.4, -0.2) is 19.5 Å². The maximum Gasteiger partial charge on any atom is 0.165 e. The molecule has 0 aliphatic heterocycles. The number of rotatable bonds is 5. The highest BCUT2D eigenvalue weighted by atomic mass is 15.0. The van der Waals surface area contributed by atoms with Crippen LogP contribution in [0.1, 0.15) is 0 Å².